The van der Waals surface area contributed by atoms with E-state index in [9.17, 15) is 32.0 Å². The van der Waals surface area contributed by atoms with Gasteiger partial charge >= 0.3 is 6.09 Å². The van der Waals surface area contributed by atoms with Crippen molar-refractivity contribution >= 4 is 65.5 Å². The lowest BCUT2D eigenvalue weighted by Gasteiger charge is -2.36. The molecule has 0 spiro atoms. The molecule has 7 rings (SSSR count). The van der Waals surface area contributed by atoms with Crippen LogP contribution in [0.15, 0.2) is 67.3 Å². The van der Waals surface area contributed by atoms with Crippen LogP contribution in [0.3, 0.4) is 0 Å². The SMILES string of the molecule is C=CC1CC1(NC(=O)C1CC(Oc2cc(-c3ccccc3)nc3c2sc2cc(F)ccc23)CN1C(=O)C(NC(=O)OC(C)(C)C)C(C)(C)C)C(=O)NS(=O)(=O)C1CC1. The number of halogens is 1. The van der Waals surface area contributed by atoms with Crippen LogP contribution >= 0.6 is 11.3 Å². The summed E-state index contributed by atoms with van der Waals surface area (Å²) in [6.07, 6.45) is 0.854. The second-order valence-corrected chi connectivity index (χ2v) is 20.4. The van der Waals surface area contributed by atoms with Gasteiger partial charge in [0.1, 0.15) is 40.9 Å². The van der Waals surface area contributed by atoms with Gasteiger partial charge < -0.3 is 25.0 Å². The first-order chi connectivity index (χ1) is 27.2. The lowest BCUT2D eigenvalue weighted by atomic mass is 9.85. The Morgan fingerprint density at radius 3 is 2.38 bits per heavy atom. The first-order valence-corrected chi connectivity index (χ1v) is 21.6. The summed E-state index contributed by atoms with van der Waals surface area (Å²) in [6, 6.07) is 13.4. The Labute approximate surface area is 340 Å². The molecule has 1 saturated heterocycles. The molecule has 2 aromatic carbocycles. The van der Waals surface area contributed by atoms with Gasteiger partial charge in [-0.3, -0.25) is 19.1 Å². The van der Waals surface area contributed by atoms with Crippen molar-refractivity contribution in [1.29, 1.82) is 0 Å². The van der Waals surface area contributed by atoms with Crippen LogP contribution < -0.4 is 20.1 Å². The number of hydrogen-bond acceptors (Lipinski definition) is 10. The second-order valence-electron chi connectivity index (χ2n) is 17.4. The zero-order chi connectivity index (χ0) is 41.9. The fourth-order valence-corrected chi connectivity index (χ4v) is 9.83. The lowest BCUT2D eigenvalue weighted by Crippen LogP contribution is -2.60. The van der Waals surface area contributed by atoms with Crippen molar-refractivity contribution in [1.82, 2.24) is 25.2 Å². The van der Waals surface area contributed by atoms with Crippen LogP contribution in [-0.2, 0) is 29.1 Å². The highest BCUT2D eigenvalue weighted by Crippen LogP contribution is 2.46. The highest BCUT2D eigenvalue weighted by Gasteiger charge is 2.62. The quantitative estimate of drug-likeness (QED) is 0.149. The number of amides is 4. The number of nitrogens with zero attached hydrogens (tertiary/aromatic N) is 2. The van der Waals surface area contributed by atoms with Gasteiger partial charge in [-0.05, 0) is 63.6 Å². The minimum atomic E-state index is -3.94. The van der Waals surface area contributed by atoms with Crippen LogP contribution in [-0.4, -0.2) is 83.2 Å². The van der Waals surface area contributed by atoms with Gasteiger partial charge in [-0.25, -0.2) is 22.6 Å². The topological polar surface area (TPSA) is 173 Å². The molecule has 0 bridgehead atoms. The molecule has 5 atom stereocenters. The van der Waals surface area contributed by atoms with Gasteiger partial charge in [-0.15, -0.1) is 17.9 Å². The molecule has 0 radical (unpaired) electrons. The number of likely N-dealkylation sites (tertiary alicyclic amines) is 1. The number of fused-ring (bicyclic) bond motifs is 3. The summed E-state index contributed by atoms with van der Waals surface area (Å²) in [6.45, 7) is 14.1. The Morgan fingerprint density at radius 1 is 1.05 bits per heavy atom. The maximum absolute atomic E-state index is 14.7. The van der Waals surface area contributed by atoms with Crippen LogP contribution in [0, 0.1) is 17.2 Å². The maximum Gasteiger partial charge on any atom is 0.408 e. The van der Waals surface area contributed by atoms with Crippen molar-refractivity contribution in [2.45, 2.75) is 102 Å². The van der Waals surface area contributed by atoms with Gasteiger partial charge in [0.05, 0.1) is 27.7 Å². The van der Waals surface area contributed by atoms with Gasteiger partial charge in [-0.1, -0.05) is 57.2 Å². The molecule has 3 N–H and O–H groups in total. The first-order valence-electron chi connectivity index (χ1n) is 19.2. The fourth-order valence-electron chi connectivity index (χ4n) is 7.34. The Bertz CT molecular complexity index is 2420. The largest absolute Gasteiger partial charge is 0.487 e. The smallest absolute Gasteiger partial charge is 0.408 e. The number of alkyl carbamates (subject to hydrolysis) is 1. The number of hydrogen-bond donors (Lipinski definition) is 3. The van der Waals surface area contributed by atoms with E-state index in [2.05, 4.69) is 21.9 Å². The summed E-state index contributed by atoms with van der Waals surface area (Å²) in [5.74, 6) is -2.69. The number of nitrogens with one attached hydrogen (secondary N) is 3. The van der Waals surface area contributed by atoms with E-state index in [1.165, 1.54) is 34.4 Å². The first kappa shape index (κ1) is 41.1. The Kier molecular flexibility index (Phi) is 10.6. The molecule has 3 heterocycles. The van der Waals surface area contributed by atoms with Crippen LogP contribution in [0.5, 0.6) is 5.75 Å². The van der Waals surface area contributed by atoms with Crippen molar-refractivity contribution in [3.63, 3.8) is 0 Å². The third-order valence-corrected chi connectivity index (χ3v) is 13.6. The number of benzene rings is 2. The number of aromatic nitrogens is 1. The molecule has 2 aliphatic carbocycles. The minimum Gasteiger partial charge on any atom is -0.487 e. The summed E-state index contributed by atoms with van der Waals surface area (Å²) in [5, 5.41) is 5.59. The number of carbonyl (C=O) groups excluding carboxylic acids is 4. The molecule has 2 aromatic heterocycles. The van der Waals surface area contributed by atoms with E-state index in [1.54, 1.807) is 53.7 Å². The van der Waals surface area contributed by atoms with Gasteiger partial charge in [0.15, 0.2) is 0 Å². The lowest BCUT2D eigenvalue weighted by molar-refractivity contribution is -0.143. The summed E-state index contributed by atoms with van der Waals surface area (Å²) in [4.78, 5) is 62.2. The molecule has 4 amide bonds. The average molecular weight is 834 g/mol. The molecular formula is C42H48FN5O8S2. The zero-order valence-electron chi connectivity index (χ0n) is 33.3. The summed E-state index contributed by atoms with van der Waals surface area (Å²) in [5.41, 5.74) is -1.30. The van der Waals surface area contributed by atoms with Crippen molar-refractivity contribution < 1.29 is 41.5 Å². The third-order valence-electron chi connectivity index (χ3n) is 10.6. The van der Waals surface area contributed by atoms with Gasteiger partial charge in [0, 0.05) is 34.1 Å². The molecule has 4 aromatic rings. The number of pyridine rings is 1. The second kappa shape index (κ2) is 14.9. The molecule has 13 nitrogen and oxygen atoms in total. The van der Waals surface area contributed by atoms with Crippen LogP contribution in [0.4, 0.5) is 9.18 Å². The highest BCUT2D eigenvalue weighted by atomic mass is 32.2. The standard InChI is InChI=1S/C42H48FN5O8S2/c1-8-24-21-42(24,38(51)47-58(53,54)27-15-16-27)46-36(49)30-19-26(22-48(30)37(50)35(40(2,3)4)45-39(52)56-41(5,6)7)55-31-20-29(23-12-10-9-11-13-23)44-33-28-17-14-25(43)18-32(28)57-34(31)33/h8-14,17-18,20,24,26-27,30,35H,1,15-16,19,21-22H2,2-7H3,(H,45,52)(H,46,49)(H,47,51). The van der Waals surface area contributed by atoms with Crippen molar-refractivity contribution in [2.24, 2.45) is 11.3 Å². The van der Waals surface area contributed by atoms with E-state index >= 15 is 0 Å². The van der Waals surface area contributed by atoms with Gasteiger partial charge in [0.25, 0.3) is 5.91 Å². The van der Waals surface area contributed by atoms with E-state index in [1.807, 2.05) is 30.3 Å². The van der Waals surface area contributed by atoms with Crippen LogP contribution in [0.1, 0.15) is 67.2 Å². The van der Waals surface area contributed by atoms with E-state index in [-0.39, 0.29) is 19.4 Å². The van der Waals surface area contributed by atoms with Crippen molar-refractivity contribution in [3.8, 4) is 17.0 Å². The van der Waals surface area contributed by atoms with E-state index < -0.39 is 85.6 Å². The molecule has 3 aliphatic rings. The summed E-state index contributed by atoms with van der Waals surface area (Å²) in [7, 11) is -3.94. The molecule has 3 fully saturated rings. The maximum atomic E-state index is 14.7. The number of ether oxygens (including phenoxy) is 2. The van der Waals surface area contributed by atoms with Crippen LogP contribution in [0.25, 0.3) is 31.6 Å². The molecule has 308 valence electrons. The van der Waals surface area contributed by atoms with Crippen molar-refractivity contribution in [2.75, 3.05) is 6.54 Å². The fraction of sp³-hybridized carbons (Fsp3) is 0.452. The predicted octanol–water partition coefficient (Wildman–Crippen LogP) is 6.21. The average Bonchev–Trinajstić information content (AvgIpc) is 4.05. The number of thiophene rings is 1. The van der Waals surface area contributed by atoms with E-state index in [4.69, 9.17) is 14.5 Å². The van der Waals surface area contributed by atoms with E-state index in [0.717, 1.165) is 10.9 Å². The van der Waals surface area contributed by atoms with Gasteiger partial charge in [-0.2, -0.15) is 0 Å². The highest BCUT2D eigenvalue weighted by molar-refractivity contribution is 7.91. The Morgan fingerprint density at radius 2 is 1.76 bits per heavy atom. The molecule has 58 heavy (non-hydrogen) atoms. The molecular weight excluding hydrogens is 786 g/mol. The number of rotatable bonds is 11. The monoisotopic (exact) mass is 833 g/mol. The number of carbonyl (C=O) groups is 4. The third kappa shape index (κ3) is 8.39. The molecule has 2 saturated carbocycles. The molecule has 1 aliphatic heterocycles. The van der Waals surface area contributed by atoms with Crippen LogP contribution in [0.2, 0.25) is 0 Å². The summed E-state index contributed by atoms with van der Waals surface area (Å²) >= 11 is 1.30. The normalized spacial score (nSPS) is 22.6. The molecule has 5 unspecified atom stereocenters. The molecule has 16 heteroatoms. The summed E-state index contributed by atoms with van der Waals surface area (Å²) < 4.78 is 55.7. The van der Waals surface area contributed by atoms with Gasteiger partial charge in [0.2, 0.25) is 21.8 Å². The Hall–Kier alpha value is -5.09. The predicted molar refractivity (Wildman–Crippen MR) is 219 cm³/mol. The van der Waals surface area contributed by atoms with E-state index in [0.29, 0.717) is 39.2 Å². The Balaban J connectivity index is 1.24. The zero-order valence-corrected chi connectivity index (χ0v) is 34.9. The minimum absolute atomic E-state index is 0.0261. The van der Waals surface area contributed by atoms with Crippen molar-refractivity contribution in [3.05, 3.63) is 73.1 Å². The number of sulfonamides is 1.